The molecule has 0 aliphatic carbocycles. The van der Waals surface area contributed by atoms with Crippen LogP contribution in [0.2, 0.25) is 0 Å². The van der Waals surface area contributed by atoms with Crippen molar-refractivity contribution in [1.29, 1.82) is 0 Å². The van der Waals surface area contributed by atoms with Gasteiger partial charge >= 0.3 is 0 Å². The molecule has 1 N–H and O–H groups in total. The Bertz CT molecular complexity index is 656. The summed E-state index contributed by atoms with van der Waals surface area (Å²) in [6.45, 7) is 4.28. The highest BCUT2D eigenvalue weighted by Gasteiger charge is 2.16. The van der Waals surface area contributed by atoms with Crippen LogP contribution >= 0.6 is 0 Å². The van der Waals surface area contributed by atoms with Crippen molar-refractivity contribution in [3.05, 3.63) is 35.8 Å². The lowest BCUT2D eigenvalue weighted by Gasteiger charge is -2.11. The van der Waals surface area contributed by atoms with Gasteiger partial charge in [0, 0.05) is 27.9 Å². The van der Waals surface area contributed by atoms with E-state index in [1.54, 1.807) is 12.5 Å². The average molecular weight is 257 g/mol. The second kappa shape index (κ2) is 4.74. The van der Waals surface area contributed by atoms with Crippen molar-refractivity contribution < 1.29 is 8.83 Å². The number of aryl methyl sites for hydroxylation is 2. The van der Waals surface area contributed by atoms with Gasteiger partial charge < -0.3 is 14.2 Å². The smallest absolute Gasteiger partial charge is 0.138 e. The number of hydrogen-bond donors (Lipinski definition) is 1. The maximum Gasteiger partial charge on any atom is 0.138 e. The molecule has 100 valence electrons. The highest BCUT2D eigenvalue weighted by molar-refractivity contribution is 6.01. The number of hydrogen-bond acceptors (Lipinski definition) is 3. The van der Waals surface area contributed by atoms with Crippen LogP contribution in [0.1, 0.15) is 24.5 Å². The van der Waals surface area contributed by atoms with E-state index in [1.807, 2.05) is 19.2 Å². The number of rotatable bonds is 4. The van der Waals surface area contributed by atoms with E-state index in [1.165, 1.54) is 10.9 Å². The van der Waals surface area contributed by atoms with Crippen molar-refractivity contribution >= 4 is 21.9 Å². The zero-order chi connectivity index (χ0) is 13.4. The van der Waals surface area contributed by atoms with Gasteiger partial charge in [-0.1, -0.05) is 0 Å². The predicted octanol–water partition coefficient (Wildman–Crippen LogP) is 4.03. The van der Waals surface area contributed by atoms with Crippen LogP contribution in [-0.2, 0) is 6.42 Å². The molecule has 19 heavy (non-hydrogen) atoms. The maximum atomic E-state index is 5.71. The monoisotopic (exact) mass is 257 g/mol. The van der Waals surface area contributed by atoms with Crippen LogP contribution in [0.15, 0.2) is 33.5 Å². The Hall–Kier alpha value is -1.74. The molecule has 0 amide bonds. The van der Waals surface area contributed by atoms with E-state index in [0.717, 1.165) is 35.0 Å². The molecule has 0 aliphatic heterocycles. The first kappa shape index (κ1) is 12.3. The number of nitrogens with one attached hydrogen (secondary N) is 1. The molecule has 3 aromatic rings. The summed E-state index contributed by atoms with van der Waals surface area (Å²) in [5.74, 6) is 0. The van der Waals surface area contributed by atoms with E-state index in [-0.39, 0.29) is 0 Å². The van der Waals surface area contributed by atoms with E-state index in [4.69, 9.17) is 8.83 Å². The van der Waals surface area contributed by atoms with Crippen LogP contribution in [0.5, 0.6) is 0 Å². The zero-order valence-corrected chi connectivity index (χ0v) is 11.6. The first-order valence-electron chi connectivity index (χ1n) is 6.75. The van der Waals surface area contributed by atoms with Gasteiger partial charge in [-0.05, 0) is 45.9 Å². The summed E-state index contributed by atoms with van der Waals surface area (Å²) in [6.07, 6.45) is 5.60. The Morgan fingerprint density at radius 3 is 2.53 bits per heavy atom. The van der Waals surface area contributed by atoms with Gasteiger partial charge in [0.05, 0.1) is 12.5 Å². The third-order valence-corrected chi connectivity index (χ3v) is 3.99. The van der Waals surface area contributed by atoms with Gasteiger partial charge in [0.1, 0.15) is 11.2 Å². The van der Waals surface area contributed by atoms with Crippen LogP contribution in [-0.4, -0.2) is 13.1 Å². The number of furan rings is 2. The molecule has 0 bridgehead atoms. The molecule has 0 spiro atoms. The molecule has 0 saturated carbocycles. The molecule has 0 aliphatic rings. The van der Waals surface area contributed by atoms with Gasteiger partial charge in [0.2, 0.25) is 0 Å². The fourth-order valence-electron chi connectivity index (χ4n) is 2.67. The molecule has 0 saturated heterocycles. The normalized spacial score (nSPS) is 13.4. The van der Waals surface area contributed by atoms with Gasteiger partial charge in [-0.2, -0.15) is 0 Å². The standard InChI is InChI=1S/C16H19NO2/c1-10(17-3)4-5-13-14-7-9-18-15(14)11(2)12-6-8-19-16(12)13/h6-10,17H,4-5H2,1-3H3. The molecule has 0 fully saturated rings. The third kappa shape index (κ3) is 1.94. The van der Waals surface area contributed by atoms with Gasteiger partial charge in [0.15, 0.2) is 0 Å². The summed E-state index contributed by atoms with van der Waals surface area (Å²) in [5, 5.41) is 5.62. The third-order valence-electron chi connectivity index (χ3n) is 3.99. The largest absolute Gasteiger partial charge is 0.464 e. The summed E-state index contributed by atoms with van der Waals surface area (Å²) >= 11 is 0. The SMILES string of the molecule is CNC(C)CCc1c2ccoc2c(C)c2ccoc12. The highest BCUT2D eigenvalue weighted by Crippen LogP contribution is 2.34. The zero-order valence-electron chi connectivity index (χ0n) is 11.6. The Kier molecular flexibility index (Phi) is 3.07. The average Bonchev–Trinajstić information content (AvgIpc) is 3.06. The molecule has 1 aromatic carbocycles. The second-order valence-corrected chi connectivity index (χ2v) is 5.16. The lowest BCUT2D eigenvalue weighted by Crippen LogP contribution is -2.21. The van der Waals surface area contributed by atoms with E-state index in [0.29, 0.717) is 6.04 Å². The van der Waals surface area contributed by atoms with Gasteiger partial charge in [-0.15, -0.1) is 0 Å². The Labute approximate surface area is 112 Å². The molecule has 2 aromatic heterocycles. The molecular weight excluding hydrogens is 238 g/mol. The molecule has 3 heteroatoms. The van der Waals surface area contributed by atoms with Crippen LogP contribution in [0.3, 0.4) is 0 Å². The molecule has 0 radical (unpaired) electrons. The minimum Gasteiger partial charge on any atom is -0.464 e. The summed E-state index contributed by atoms with van der Waals surface area (Å²) < 4.78 is 11.4. The van der Waals surface area contributed by atoms with Crippen LogP contribution in [0, 0.1) is 6.92 Å². The quantitative estimate of drug-likeness (QED) is 0.767. The Morgan fingerprint density at radius 2 is 1.79 bits per heavy atom. The lowest BCUT2D eigenvalue weighted by molar-refractivity contribution is 0.560. The maximum absolute atomic E-state index is 5.71. The predicted molar refractivity (Wildman–Crippen MR) is 77.6 cm³/mol. The molecule has 1 atom stereocenters. The minimum atomic E-state index is 0.494. The van der Waals surface area contributed by atoms with Crippen LogP contribution < -0.4 is 5.32 Å². The minimum absolute atomic E-state index is 0.494. The van der Waals surface area contributed by atoms with E-state index in [9.17, 15) is 0 Å². The fraction of sp³-hybridized carbons (Fsp3) is 0.375. The Balaban J connectivity index is 2.15. The van der Waals surface area contributed by atoms with Crippen molar-refractivity contribution in [2.75, 3.05) is 7.05 Å². The lowest BCUT2D eigenvalue weighted by atomic mass is 9.97. The first-order valence-corrected chi connectivity index (χ1v) is 6.75. The number of benzene rings is 1. The summed E-state index contributed by atoms with van der Waals surface area (Å²) in [5.41, 5.74) is 4.42. The van der Waals surface area contributed by atoms with Crippen molar-refractivity contribution in [3.8, 4) is 0 Å². The summed E-state index contributed by atoms with van der Waals surface area (Å²) in [7, 11) is 2.00. The molecule has 3 nitrogen and oxygen atoms in total. The van der Waals surface area contributed by atoms with Crippen molar-refractivity contribution in [3.63, 3.8) is 0 Å². The van der Waals surface area contributed by atoms with Crippen molar-refractivity contribution in [2.24, 2.45) is 0 Å². The van der Waals surface area contributed by atoms with E-state index in [2.05, 4.69) is 19.2 Å². The Morgan fingerprint density at radius 1 is 1.11 bits per heavy atom. The summed E-state index contributed by atoms with van der Waals surface area (Å²) in [6, 6.07) is 4.56. The van der Waals surface area contributed by atoms with E-state index < -0.39 is 0 Å². The van der Waals surface area contributed by atoms with E-state index >= 15 is 0 Å². The van der Waals surface area contributed by atoms with Crippen LogP contribution in [0.25, 0.3) is 21.9 Å². The van der Waals surface area contributed by atoms with Crippen molar-refractivity contribution in [2.45, 2.75) is 32.7 Å². The van der Waals surface area contributed by atoms with Gasteiger partial charge in [-0.3, -0.25) is 0 Å². The van der Waals surface area contributed by atoms with Gasteiger partial charge in [-0.25, -0.2) is 0 Å². The fourth-order valence-corrected chi connectivity index (χ4v) is 2.67. The molecule has 3 rings (SSSR count). The summed E-state index contributed by atoms with van der Waals surface area (Å²) in [4.78, 5) is 0. The second-order valence-electron chi connectivity index (χ2n) is 5.16. The number of fused-ring (bicyclic) bond motifs is 2. The topological polar surface area (TPSA) is 38.3 Å². The molecular formula is C16H19NO2. The molecule has 1 unspecified atom stereocenters. The molecule has 2 heterocycles. The highest BCUT2D eigenvalue weighted by atomic mass is 16.3. The first-order chi connectivity index (χ1) is 9.22. The van der Waals surface area contributed by atoms with Crippen molar-refractivity contribution in [1.82, 2.24) is 5.32 Å². The van der Waals surface area contributed by atoms with Crippen LogP contribution in [0.4, 0.5) is 0 Å². The van der Waals surface area contributed by atoms with Gasteiger partial charge in [0.25, 0.3) is 0 Å².